The number of carbonyl (C=O) groups is 1. The van der Waals surface area contributed by atoms with Gasteiger partial charge in [-0.1, -0.05) is 6.07 Å². The van der Waals surface area contributed by atoms with Gasteiger partial charge in [0.05, 0.1) is 10.5 Å². The van der Waals surface area contributed by atoms with Crippen LogP contribution in [0.1, 0.15) is 11.6 Å². The van der Waals surface area contributed by atoms with Gasteiger partial charge in [0.25, 0.3) is 0 Å². The zero-order valence-corrected chi connectivity index (χ0v) is 8.67. The van der Waals surface area contributed by atoms with Crippen molar-refractivity contribution in [2.75, 3.05) is 6.61 Å². The van der Waals surface area contributed by atoms with E-state index >= 15 is 0 Å². The third kappa shape index (κ3) is 1.72. The van der Waals surface area contributed by atoms with Gasteiger partial charge in [0.1, 0.15) is 12.4 Å². The quantitative estimate of drug-likeness (QED) is 0.841. The number of carbonyl (C=O) groups excluding carboxylic acids is 1. The molecule has 0 unspecified atom stereocenters. The molecule has 0 radical (unpaired) electrons. The standard InChI is InChI=1S/C9H7BrFNO2/c10-6-2-1-5(3-7(6)11)8-4-14-9(13)12-8/h1-3,8H,4H2,(H,12,13)/t8-/m1/s1. The van der Waals surface area contributed by atoms with Gasteiger partial charge in [-0.3, -0.25) is 0 Å². The van der Waals surface area contributed by atoms with Crippen molar-refractivity contribution in [3.8, 4) is 0 Å². The number of cyclic esters (lactones) is 1. The van der Waals surface area contributed by atoms with E-state index < -0.39 is 6.09 Å². The third-order valence-corrected chi connectivity index (χ3v) is 2.66. The molecule has 1 aromatic rings. The van der Waals surface area contributed by atoms with Crippen molar-refractivity contribution in [2.45, 2.75) is 6.04 Å². The zero-order valence-electron chi connectivity index (χ0n) is 7.09. The maximum absolute atomic E-state index is 13.1. The van der Waals surface area contributed by atoms with Crippen molar-refractivity contribution in [3.63, 3.8) is 0 Å². The largest absolute Gasteiger partial charge is 0.447 e. The monoisotopic (exact) mass is 259 g/mol. The van der Waals surface area contributed by atoms with Crippen LogP contribution in [-0.2, 0) is 4.74 Å². The van der Waals surface area contributed by atoms with E-state index in [-0.39, 0.29) is 18.5 Å². The summed E-state index contributed by atoms with van der Waals surface area (Å²) < 4.78 is 18.2. The van der Waals surface area contributed by atoms with Crippen LogP contribution in [0.3, 0.4) is 0 Å². The number of amides is 1. The van der Waals surface area contributed by atoms with Gasteiger partial charge < -0.3 is 10.1 Å². The molecule has 1 atom stereocenters. The molecular formula is C9H7BrFNO2. The van der Waals surface area contributed by atoms with Crippen LogP contribution >= 0.6 is 15.9 Å². The molecule has 1 heterocycles. The molecule has 0 aliphatic carbocycles. The summed E-state index contributed by atoms with van der Waals surface area (Å²) in [5.74, 6) is -0.344. The Hall–Kier alpha value is -1.10. The molecule has 1 N–H and O–H groups in total. The molecule has 1 aliphatic rings. The summed E-state index contributed by atoms with van der Waals surface area (Å²) in [5, 5.41) is 2.57. The Labute approximate surface area is 88.4 Å². The highest BCUT2D eigenvalue weighted by Gasteiger charge is 2.24. The van der Waals surface area contributed by atoms with Gasteiger partial charge in [0.2, 0.25) is 0 Å². The second kappa shape index (κ2) is 3.57. The summed E-state index contributed by atoms with van der Waals surface area (Å²) in [6.45, 7) is 0.250. The number of rotatable bonds is 1. The first-order valence-corrected chi connectivity index (χ1v) is 4.84. The maximum Gasteiger partial charge on any atom is 0.407 e. The molecule has 1 aliphatic heterocycles. The first-order chi connectivity index (χ1) is 6.66. The number of alkyl carbamates (subject to hydrolysis) is 1. The van der Waals surface area contributed by atoms with Crippen molar-refractivity contribution >= 4 is 22.0 Å². The number of benzene rings is 1. The average Bonchev–Trinajstić information content (AvgIpc) is 2.57. The predicted molar refractivity (Wildman–Crippen MR) is 51.3 cm³/mol. The minimum Gasteiger partial charge on any atom is -0.447 e. The van der Waals surface area contributed by atoms with E-state index in [0.29, 0.717) is 10.0 Å². The van der Waals surface area contributed by atoms with E-state index in [4.69, 9.17) is 4.74 Å². The molecule has 2 rings (SSSR count). The lowest BCUT2D eigenvalue weighted by atomic mass is 10.1. The Balaban J connectivity index is 2.24. The normalized spacial score (nSPS) is 20.4. The van der Waals surface area contributed by atoms with Crippen LogP contribution in [0.25, 0.3) is 0 Å². The van der Waals surface area contributed by atoms with Crippen LogP contribution in [0.5, 0.6) is 0 Å². The lowest BCUT2D eigenvalue weighted by Crippen LogP contribution is -2.18. The summed E-state index contributed by atoms with van der Waals surface area (Å²) in [6.07, 6.45) is -0.460. The summed E-state index contributed by atoms with van der Waals surface area (Å²) in [4.78, 5) is 10.7. The zero-order chi connectivity index (χ0) is 10.1. The number of ether oxygens (including phenoxy) is 1. The molecule has 1 fully saturated rings. The SMILES string of the molecule is O=C1N[C@@H](c2ccc(Br)c(F)c2)CO1. The van der Waals surface area contributed by atoms with Crippen molar-refractivity contribution in [2.24, 2.45) is 0 Å². The fourth-order valence-electron chi connectivity index (χ4n) is 1.29. The van der Waals surface area contributed by atoms with Crippen LogP contribution in [-0.4, -0.2) is 12.7 Å². The smallest absolute Gasteiger partial charge is 0.407 e. The summed E-state index contributed by atoms with van der Waals surface area (Å²) in [6, 6.07) is 4.48. The van der Waals surface area contributed by atoms with Gasteiger partial charge >= 0.3 is 6.09 Å². The molecule has 1 aromatic carbocycles. The average molecular weight is 260 g/mol. The highest BCUT2D eigenvalue weighted by atomic mass is 79.9. The Bertz CT molecular complexity index is 383. The van der Waals surface area contributed by atoms with Crippen molar-refractivity contribution in [3.05, 3.63) is 34.1 Å². The third-order valence-electron chi connectivity index (χ3n) is 2.02. The Morgan fingerprint density at radius 3 is 2.93 bits per heavy atom. The minimum absolute atomic E-state index is 0.245. The van der Waals surface area contributed by atoms with Gasteiger partial charge in [-0.05, 0) is 33.6 Å². The van der Waals surface area contributed by atoms with E-state index in [1.807, 2.05) is 0 Å². The molecule has 5 heteroatoms. The molecule has 0 bridgehead atoms. The topological polar surface area (TPSA) is 38.3 Å². The highest BCUT2D eigenvalue weighted by molar-refractivity contribution is 9.10. The number of nitrogens with one attached hydrogen (secondary N) is 1. The number of hydrogen-bond acceptors (Lipinski definition) is 2. The van der Waals surface area contributed by atoms with Crippen LogP contribution in [0.4, 0.5) is 9.18 Å². The molecule has 0 saturated carbocycles. The van der Waals surface area contributed by atoms with E-state index in [1.165, 1.54) is 6.07 Å². The second-order valence-electron chi connectivity index (χ2n) is 2.97. The van der Waals surface area contributed by atoms with Crippen LogP contribution in [0.15, 0.2) is 22.7 Å². The lowest BCUT2D eigenvalue weighted by Gasteiger charge is -2.07. The van der Waals surface area contributed by atoms with Gasteiger partial charge in [-0.15, -0.1) is 0 Å². The maximum atomic E-state index is 13.1. The molecule has 1 saturated heterocycles. The lowest BCUT2D eigenvalue weighted by molar-refractivity contribution is 0.177. The number of hydrogen-bond donors (Lipinski definition) is 1. The fraction of sp³-hybridized carbons (Fsp3) is 0.222. The van der Waals surface area contributed by atoms with Crippen molar-refractivity contribution < 1.29 is 13.9 Å². The summed E-state index contributed by atoms with van der Waals surface area (Å²) in [7, 11) is 0. The molecular weight excluding hydrogens is 253 g/mol. The predicted octanol–water partition coefficient (Wildman–Crippen LogP) is 2.37. The molecule has 14 heavy (non-hydrogen) atoms. The second-order valence-corrected chi connectivity index (χ2v) is 3.82. The molecule has 3 nitrogen and oxygen atoms in total. The van der Waals surface area contributed by atoms with Gasteiger partial charge in [0.15, 0.2) is 0 Å². The minimum atomic E-state index is -0.460. The van der Waals surface area contributed by atoms with Crippen molar-refractivity contribution in [1.82, 2.24) is 5.32 Å². The molecule has 0 aromatic heterocycles. The summed E-state index contributed by atoms with van der Waals surface area (Å²) in [5.41, 5.74) is 0.705. The van der Waals surface area contributed by atoms with Gasteiger partial charge in [0, 0.05) is 0 Å². The fourth-order valence-corrected chi connectivity index (χ4v) is 1.54. The first kappa shape index (κ1) is 9.45. The number of halogens is 2. The van der Waals surface area contributed by atoms with E-state index in [9.17, 15) is 9.18 Å². The first-order valence-electron chi connectivity index (χ1n) is 4.05. The molecule has 1 amide bonds. The van der Waals surface area contributed by atoms with Crippen LogP contribution < -0.4 is 5.32 Å². The van der Waals surface area contributed by atoms with Crippen molar-refractivity contribution in [1.29, 1.82) is 0 Å². The van der Waals surface area contributed by atoms with Crippen LogP contribution in [0, 0.1) is 5.82 Å². The molecule has 74 valence electrons. The summed E-state index contributed by atoms with van der Waals surface area (Å²) >= 11 is 3.06. The Morgan fingerprint density at radius 1 is 1.57 bits per heavy atom. The Morgan fingerprint density at radius 2 is 2.36 bits per heavy atom. The van der Waals surface area contributed by atoms with Gasteiger partial charge in [-0.2, -0.15) is 0 Å². The van der Waals surface area contributed by atoms with E-state index in [2.05, 4.69) is 21.2 Å². The highest BCUT2D eigenvalue weighted by Crippen LogP contribution is 2.22. The molecule has 0 spiro atoms. The van der Waals surface area contributed by atoms with Crippen LogP contribution in [0.2, 0.25) is 0 Å². The van der Waals surface area contributed by atoms with E-state index in [1.54, 1.807) is 12.1 Å². The Kier molecular flexibility index (Phi) is 2.41. The van der Waals surface area contributed by atoms with E-state index in [0.717, 1.165) is 0 Å². The van der Waals surface area contributed by atoms with Gasteiger partial charge in [-0.25, -0.2) is 9.18 Å².